The second-order valence-electron chi connectivity index (χ2n) is 10.2. The van der Waals surface area contributed by atoms with Gasteiger partial charge in [0, 0.05) is 47.0 Å². The van der Waals surface area contributed by atoms with E-state index in [2.05, 4.69) is 10.1 Å². The first-order chi connectivity index (χ1) is 18.7. The summed E-state index contributed by atoms with van der Waals surface area (Å²) in [6.45, 7) is 0.928. The van der Waals surface area contributed by atoms with Gasteiger partial charge in [-0.25, -0.2) is 13.8 Å². The number of hydrogen-bond donors (Lipinski definition) is 2. The van der Waals surface area contributed by atoms with Gasteiger partial charge in [0.2, 0.25) is 5.91 Å². The number of carbonyl (C=O) groups is 2. The summed E-state index contributed by atoms with van der Waals surface area (Å²) < 4.78 is 28.8. The van der Waals surface area contributed by atoms with E-state index in [1.54, 1.807) is 29.4 Å². The predicted octanol–water partition coefficient (Wildman–Crippen LogP) is 3.75. The quantitative estimate of drug-likeness (QED) is 0.375. The molecule has 2 saturated heterocycles. The monoisotopic (exact) mass is 532 g/mol. The van der Waals surface area contributed by atoms with Crippen molar-refractivity contribution < 1.29 is 23.5 Å². The first-order valence-electron chi connectivity index (χ1n) is 12.8. The van der Waals surface area contributed by atoms with Gasteiger partial charge >= 0.3 is 0 Å². The Morgan fingerprint density at radius 1 is 1.05 bits per heavy atom. The summed E-state index contributed by atoms with van der Waals surface area (Å²) in [6.07, 6.45) is 6.09. The number of aliphatic hydroxyl groups is 1. The molecule has 0 saturated carbocycles. The summed E-state index contributed by atoms with van der Waals surface area (Å²) >= 11 is 0. The molecule has 3 aromatic heterocycles. The number of fused-ring (bicyclic) bond motifs is 3. The van der Waals surface area contributed by atoms with Crippen LogP contribution in [0.2, 0.25) is 0 Å². The van der Waals surface area contributed by atoms with Crippen LogP contribution in [-0.4, -0.2) is 60.0 Å². The number of nitrogens with zero attached hydrogens (tertiary/aromatic N) is 5. The van der Waals surface area contributed by atoms with Crippen molar-refractivity contribution in [3.63, 3.8) is 0 Å². The van der Waals surface area contributed by atoms with E-state index in [1.807, 2.05) is 0 Å². The van der Waals surface area contributed by atoms with Crippen LogP contribution in [0, 0.1) is 11.6 Å². The molecule has 2 bridgehead atoms. The molecule has 3 N–H and O–H groups in total. The van der Waals surface area contributed by atoms with Crippen LogP contribution < -0.4 is 5.73 Å². The number of pyridine rings is 1. The van der Waals surface area contributed by atoms with Gasteiger partial charge in [-0.2, -0.15) is 9.61 Å². The largest absolute Gasteiger partial charge is 0.387 e. The molecule has 11 heteroatoms. The molecule has 39 heavy (non-hydrogen) atoms. The van der Waals surface area contributed by atoms with E-state index < -0.39 is 18.2 Å². The predicted molar refractivity (Wildman–Crippen MR) is 139 cm³/mol. The molecule has 0 radical (unpaired) electrons. The fraction of sp³-hybridized carbons (Fsp3) is 0.321. The lowest BCUT2D eigenvalue weighted by atomic mass is 9.85. The Bertz CT molecular complexity index is 1590. The van der Waals surface area contributed by atoms with Crippen molar-refractivity contribution >= 4 is 23.2 Å². The summed E-state index contributed by atoms with van der Waals surface area (Å²) in [4.78, 5) is 36.2. The van der Waals surface area contributed by atoms with E-state index in [9.17, 15) is 23.5 Å². The highest BCUT2D eigenvalue weighted by molar-refractivity contribution is 6.00. The van der Waals surface area contributed by atoms with Crippen LogP contribution in [0.4, 0.5) is 14.6 Å². The van der Waals surface area contributed by atoms with Crippen molar-refractivity contribution in [1.82, 2.24) is 24.5 Å². The molecule has 0 unspecified atom stereocenters. The molecule has 1 aromatic carbocycles. The average Bonchev–Trinajstić information content (AvgIpc) is 3.45. The van der Waals surface area contributed by atoms with Gasteiger partial charge in [-0.1, -0.05) is 6.07 Å². The number of Topliss-reactive ketones (excluding diaryl/α,β-unsaturated/α-hetero) is 1. The van der Waals surface area contributed by atoms with Crippen LogP contribution in [0.15, 0.2) is 42.7 Å². The van der Waals surface area contributed by atoms with Gasteiger partial charge in [0.1, 0.15) is 24.1 Å². The highest BCUT2D eigenvalue weighted by Gasteiger charge is 2.44. The minimum atomic E-state index is -0.688. The molecule has 0 aliphatic carbocycles. The topological polar surface area (TPSA) is 127 Å². The lowest BCUT2D eigenvalue weighted by molar-refractivity contribution is -0.138. The van der Waals surface area contributed by atoms with E-state index in [0.717, 1.165) is 18.9 Å². The molecule has 0 spiro atoms. The molecule has 200 valence electrons. The number of halogens is 2. The van der Waals surface area contributed by atoms with Gasteiger partial charge in [0.05, 0.1) is 23.1 Å². The zero-order chi connectivity index (χ0) is 27.4. The Balaban J connectivity index is 1.40. The Morgan fingerprint density at radius 2 is 1.74 bits per heavy atom. The standard InChI is InChI=1S/C28H26F2N6O3/c1-14(38)25-26(17-8-20-3-4-21(9-17)35(20)24(39)13-37)34-28-22(12-33-36(28)27(25)31)15-2-5-23(32-11-15)16-6-18(29)10-19(30)7-16/h2,5-7,10-12,17,20-21,37H,3-4,8-9,13,31H2,1H3/t17-,20+,21-. The first-order valence-corrected chi connectivity index (χ1v) is 12.8. The molecular weight excluding hydrogens is 506 g/mol. The molecular formula is C28H26F2N6O3. The fourth-order valence-corrected chi connectivity index (χ4v) is 6.21. The van der Waals surface area contributed by atoms with Gasteiger partial charge in [0.15, 0.2) is 11.4 Å². The van der Waals surface area contributed by atoms with Crippen LogP contribution in [-0.2, 0) is 4.79 Å². The number of rotatable bonds is 5. The van der Waals surface area contributed by atoms with Crippen molar-refractivity contribution in [1.29, 1.82) is 0 Å². The number of piperidine rings is 1. The number of hydrogen-bond acceptors (Lipinski definition) is 7. The van der Waals surface area contributed by atoms with Crippen LogP contribution in [0.25, 0.3) is 28.0 Å². The Morgan fingerprint density at radius 3 is 2.33 bits per heavy atom. The number of nitrogens with two attached hydrogens (primary N) is 1. The third-order valence-corrected chi connectivity index (χ3v) is 7.84. The van der Waals surface area contributed by atoms with E-state index in [-0.39, 0.29) is 35.5 Å². The molecule has 3 atom stereocenters. The van der Waals surface area contributed by atoms with Crippen LogP contribution >= 0.6 is 0 Å². The molecule has 6 rings (SSSR count). The van der Waals surface area contributed by atoms with Crippen LogP contribution in [0.1, 0.15) is 54.6 Å². The van der Waals surface area contributed by atoms with Crippen molar-refractivity contribution in [3.05, 3.63) is 65.6 Å². The third-order valence-electron chi connectivity index (χ3n) is 7.84. The number of aromatic nitrogens is 4. The number of aliphatic hydroxyl groups excluding tert-OH is 1. The summed E-state index contributed by atoms with van der Waals surface area (Å²) in [5.41, 5.74) is 9.88. The van der Waals surface area contributed by atoms with Gasteiger partial charge in [-0.15, -0.1) is 0 Å². The first kappa shape index (κ1) is 25.1. The molecule has 9 nitrogen and oxygen atoms in total. The van der Waals surface area contributed by atoms with Gasteiger partial charge in [-0.3, -0.25) is 14.6 Å². The smallest absolute Gasteiger partial charge is 0.248 e. The number of anilines is 1. The lowest BCUT2D eigenvalue weighted by Gasteiger charge is -2.39. The van der Waals surface area contributed by atoms with Gasteiger partial charge in [0.25, 0.3) is 0 Å². The van der Waals surface area contributed by atoms with E-state index in [1.165, 1.54) is 23.6 Å². The highest BCUT2D eigenvalue weighted by Crippen LogP contribution is 2.44. The van der Waals surface area contributed by atoms with E-state index in [4.69, 9.17) is 10.7 Å². The summed E-state index contributed by atoms with van der Waals surface area (Å²) in [6, 6.07) is 6.60. The van der Waals surface area contributed by atoms with Gasteiger partial charge < -0.3 is 15.7 Å². The number of amides is 1. The molecule has 2 aliphatic heterocycles. The SMILES string of the molecule is CC(=O)c1c([C@H]2C[C@H]3CC[C@@H](C2)N3C(=O)CO)nc2c(-c3ccc(-c4cc(F)cc(F)c4)nc3)cnn2c1N. The summed E-state index contributed by atoms with van der Waals surface area (Å²) in [7, 11) is 0. The maximum absolute atomic E-state index is 13.7. The molecule has 2 aliphatic rings. The molecule has 5 heterocycles. The second kappa shape index (κ2) is 9.49. The zero-order valence-electron chi connectivity index (χ0n) is 21.1. The Kier molecular flexibility index (Phi) is 6.10. The van der Waals surface area contributed by atoms with Crippen LogP contribution in [0.5, 0.6) is 0 Å². The van der Waals surface area contributed by atoms with Gasteiger partial charge in [-0.05, 0) is 50.8 Å². The Hall–Kier alpha value is -4.25. The lowest BCUT2D eigenvalue weighted by Crippen LogP contribution is -2.47. The minimum Gasteiger partial charge on any atom is -0.387 e. The number of ketones is 1. The van der Waals surface area contributed by atoms with Crippen molar-refractivity contribution in [2.75, 3.05) is 12.3 Å². The molecule has 4 aromatic rings. The zero-order valence-corrected chi connectivity index (χ0v) is 21.1. The number of nitrogen functional groups attached to an aromatic ring is 1. The van der Waals surface area contributed by atoms with E-state index in [0.29, 0.717) is 52.1 Å². The highest BCUT2D eigenvalue weighted by atomic mass is 19.1. The normalized spacial score (nSPS) is 20.5. The number of benzene rings is 1. The second-order valence-corrected chi connectivity index (χ2v) is 10.2. The minimum absolute atomic E-state index is 0.0266. The molecule has 1 amide bonds. The summed E-state index contributed by atoms with van der Waals surface area (Å²) in [5, 5.41) is 13.8. The maximum Gasteiger partial charge on any atom is 0.248 e. The van der Waals surface area contributed by atoms with Crippen molar-refractivity contribution in [2.24, 2.45) is 0 Å². The van der Waals surface area contributed by atoms with E-state index >= 15 is 0 Å². The van der Waals surface area contributed by atoms with Crippen molar-refractivity contribution in [3.8, 4) is 22.4 Å². The van der Waals surface area contributed by atoms with Crippen molar-refractivity contribution in [2.45, 2.75) is 50.6 Å². The summed E-state index contributed by atoms with van der Waals surface area (Å²) in [5.74, 6) is -1.77. The maximum atomic E-state index is 13.7. The van der Waals surface area contributed by atoms with Crippen LogP contribution in [0.3, 0.4) is 0 Å². The third kappa shape index (κ3) is 4.22. The fourth-order valence-electron chi connectivity index (χ4n) is 6.21. The average molecular weight is 533 g/mol. The Labute approximate surface area is 222 Å². The number of carbonyl (C=O) groups excluding carboxylic acids is 2. The molecule has 2 fully saturated rings.